The SMILES string of the molecule is c1ccc(-c2cc(-n3c4ccccc4c4ccccc43)c3c(c2)oc2cccc(-c4nc(-c5ccccc5)nc(-c5ccc6ccccc6c5)n4)c23)cc1. The van der Waals surface area contributed by atoms with Crippen molar-refractivity contribution in [2.24, 2.45) is 0 Å². The minimum Gasteiger partial charge on any atom is -0.456 e. The molecule has 3 heterocycles. The maximum Gasteiger partial charge on any atom is 0.164 e. The van der Waals surface area contributed by atoms with Gasteiger partial charge in [0.05, 0.1) is 22.1 Å². The molecule has 0 spiro atoms. The van der Waals surface area contributed by atoms with Crippen LogP contribution in [0.15, 0.2) is 186 Å². The molecule has 0 aliphatic heterocycles. The van der Waals surface area contributed by atoms with Gasteiger partial charge in [-0.3, -0.25) is 0 Å². The van der Waals surface area contributed by atoms with Gasteiger partial charge in [-0.15, -0.1) is 0 Å². The van der Waals surface area contributed by atoms with Gasteiger partial charge in [0.2, 0.25) is 0 Å². The minimum atomic E-state index is 0.584. The van der Waals surface area contributed by atoms with E-state index in [0.29, 0.717) is 17.5 Å². The molecule has 0 N–H and O–H groups in total. The highest BCUT2D eigenvalue weighted by molar-refractivity contribution is 6.18. The highest BCUT2D eigenvalue weighted by Gasteiger charge is 2.23. The Morgan fingerprint density at radius 2 is 0.981 bits per heavy atom. The third kappa shape index (κ3) is 4.83. The number of hydrogen-bond acceptors (Lipinski definition) is 4. The summed E-state index contributed by atoms with van der Waals surface area (Å²) in [5, 5.41) is 6.65. The van der Waals surface area contributed by atoms with Gasteiger partial charge in [0.1, 0.15) is 11.2 Å². The van der Waals surface area contributed by atoms with Crippen molar-refractivity contribution >= 4 is 54.5 Å². The number of nitrogens with zero attached hydrogens (tertiary/aromatic N) is 4. The van der Waals surface area contributed by atoms with E-state index in [4.69, 9.17) is 19.4 Å². The fourth-order valence-electron chi connectivity index (χ4n) is 7.94. The molecule has 11 rings (SSSR count). The van der Waals surface area contributed by atoms with Gasteiger partial charge in [-0.1, -0.05) is 146 Å². The molecule has 0 amide bonds. The Bertz CT molecular complexity index is 3160. The van der Waals surface area contributed by atoms with Crippen molar-refractivity contribution in [1.29, 1.82) is 0 Å². The highest BCUT2D eigenvalue weighted by Crippen LogP contribution is 2.44. The van der Waals surface area contributed by atoms with Gasteiger partial charge in [-0.25, -0.2) is 15.0 Å². The van der Waals surface area contributed by atoms with Crippen molar-refractivity contribution in [3.63, 3.8) is 0 Å². The van der Waals surface area contributed by atoms with Gasteiger partial charge in [0.25, 0.3) is 0 Å². The lowest BCUT2D eigenvalue weighted by Crippen LogP contribution is -2.01. The molecule has 0 atom stereocenters. The van der Waals surface area contributed by atoms with Crippen LogP contribution in [0.1, 0.15) is 0 Å². The Morgan fingerprint density at radius 3 is 1.72 bits per heavy atom. The van der Waals surface area contributed by atoms with Gasteiger partial charge < -0.3 is 8.98 Å². The molecule has 0 saturated heterocycles. The van der Waals surface area contributed by atoms with Crippen molar-refractivity contribution in [2.45, 2.75) is 0 Å². The Hall–Kier alpha value is -7.37. The summed E-state index contributed by atoms with van der Waals surface area (Å²) in [5.41, 5.74) is 9.76. The van der Waals surface area contributed by atoms with Crippen LogP contribution in [0.5, 0.6) is 0 Å². The monoisotopic (exact) mass is 690 g/mol. The van der Waals surface area contributed by atoms with E-state index >= 15 is 0 Å². The van der Waals surface area contributed by atoms with Gasteiger partial charge in [0.15, 0.2) is 17.5 Å². The molecule has 0 aliphatic carbocycles. The normalized spacial score (nSPS) is 11.7. The smallest absolute Gasteiger partial charge is 0.164 e. The summed E-state index contributed by atoms with van der Waals surface area (Å²) in [7, 11) is 0. The van der Waals surface area contributed by atoms with Crippen LogP contribution < -0.4 is 0 Å². The largest absolute Gasteiger partial charge is 0.456 e. The number of aromatic nitrogens is 4. The Balaban J connectivity index is 1.24. The van der Waals surface area contributed by atoms with E-state index in [1.54, 1.807) is 0 Å². The second kappa shape index (κ2) is 12.1. The van der Waals surface area contributed by atoms with Crippen molar-refractivity contribution in [2.75, 3.05) is 0 Å². The second-order valence-electron chi connectivity index (χ2n) is 13.6. The molecular formula is C49H30N4O. The first-order valence-electron chi connectivity index (χ1n) is 18.1. The molecule has 54 heavy (non-hydrogen) atoms. The van der Waals surface area contributed by atoms with E-state index in [-0.39, 0.29) is 0 Å². The third-order valence-corrected chi connectivity index (χ3v) is 10.4. The predicted molar refractivity (Wildman–Crippen MR) is 221 cm³/mol. The van der Waals surface area contributed by atoms with Crippen LogP contribution in [0.4, 0.5) is 0 Å². The summed E-state index contributed by atoms with van der Waals surface area (Å²) in [4.78, 5) is 15.5. The van der Waals surface area contributed by atoms with Crippen LogP contribution >= 0.6 is 0 Å². The van der Waals surface area contributed by atoms with Crippen LogP contribution in [0.2, 0.25) is 0 Å². The lowest BCUT2D eigenvalue weighted by Gasteiger charge is -2.13. The van der Waals surface area contributed by atoms with Crippen molar-refractivity contribution < 1.29 is 4.42 Å². The number of para-hydroxylation sites is 2. The molecule has 8 aromatic carbocycles. The molecule has 0 unspecified atom stereocenters. The zero-order chi connectivity index (χ0) is 35.6. The van der Waals surface area contributed by atoms with Gasteiger partial charge in [-0.05, 0) is 58.3 Å². The molecule has 0 bridgehead atoms. The first-order valence-corrected chi connectivity index (χ1v) is 18.1. The summed E-state index contributed by atoms with van der Waals surface area (Å²) in [6, 6.07) is 63.2. The highest BCUT2D eigenvalue weighted by atomic mass is 16.3. The van der Waals surface area contributed by atoms with Gasteiger partial charge in [-0.2, -0.15) is 0 Å². The first-order chi connectivity index (χ1) is 26.8. The number of benzene rings is 8. The summed E-state index contributed by atoms with van der Waals surface area (Å²) in [6.45, 7) is 0. The maximum absolute atomic E-state index is 6.83. The molecule has 3 aromatic heterocycles. The summed E-state index contributed by atoms with van der Waals surface area (Å²) < 4.78 is 9.22. The Morgan fingerprint density at radius 1 is 0.370 bits per heavy atom. The molecule has 0 radical (unpaired) electrons. The average Bonchev–Trinajstić information content (AvgIpc) is 3.80. The standard InChI is InChI=1S/C49H30N4O/c1-3-14-31(15-4-1)36-29-42(53-40-23-11-9-20-37(40)38-21-10-12-24-41(38)53)46-44(30-36)54-43-25-13-22-39(45(43)46)49-51-47(33-17-5-2-6-18-33)50-48(52-49)35-27-26-32-16-7-8-19-34(32)28-35/h1-30H. The topological polar surface area (TPSA) is 56.7 Å². The van der Waals surface area contributed by atoms with Crippen molar-refractivity contribution in [3.05, 3.63) is 182 Å². The van der Waals surface area contributed by atoms with E-state index in [1.165, 1.54) is 16.2 Å². The third-order valence-electron chi connectivity index (χ3n) is 10.4. The fourth-order valence-corrected chi connectivity index (χ4v) is 7.94. The summed E-state index contributed by atoms with van der Waals surface area (Å²) in [6.07, 6.45) is 0. The molecular weight excluding hydrogens is 661 g/mol. The molecule has 5 heteroatoms. The molecule has 0 aliphatic rings. The zero-order valence-corrected chi connectivity index (χ0v) is 29.0. The lowest BCUT2D eigenvalue weighted by molar-refractivity contribution is 0.669. The van der Waals surface area contributed by atoms with Gasteiger partial charge in [0, 0.05) is 32.8 Å². The summed E-state index contributed by atoms with van der Waals surface area (Å²) >= 11 is 0. The van der Waals surface area contributed by atoms with Crippen LogP contribution in [0, 0.1) is 0 Å². The number of rotatable bonds is 5. The Labute approximate surface area is 310 Å². The number of furan rings is 1. The second-order valence-corrected chi connectivity index (χ2v) is 13.6. The van der Waals surface area contributed by atoms with Crippen LogP contribution in [0.3, 0.4) is 0 Å². The van der Waals surface area contributed by atoms with Crippen LogP contribution in [-0.2, 0) is 0 Å². The molecule has 252 valence electrons. The average molecular weight is 691 g/mol. The zero-order valence-electron chi connectivity index (χ0n) is 29.0. The van der Waals surface area contributed by atoms with Crippen LogP contribution in [0.25, 0.3) is 105 Å². The van der Waals surface area contributed by atoms with E-state index < -0.39 is 0 Å². The molecule has 0 saturated carbocycles. The van der Waals surface area contributed by atoms with Crippen molar-refractivity contribution in [1.82, 2.24) is 19.5 Å². The van der Waals surface area contributed by atoms with Gasteiger partial charge >= 0.3 is 0 Å². The molecule has 11 aromatic rings. The lowest BCUT2D eigenvalue weighted by atomic mass is 9.99. The first kappa shape index (κ1) is 30.3. The van der Waals surface area contributed by atoms with E-state index in [0.717, 1.165) is 71.9 Å². The fraction of sp³-hybridized carbons (Fsp3) is 0. The predicted octanol–water partition coefficient (Wildman–Crippen LogP) is 12.7. The Kier molecular flexibility index (Phi) is 6.79. The number of fused-ring (bicyclic) bond motifs is 7. The number of hydrogen-bond donors (Lipinski definition) is 0. The minimum absolute atomic E-state index is 0.584. The van der Waals surface area contributed by atoms with E-state index in [9.17, 15) is 0 Å². The van der Waals surface area contributed by atoms with Crippen LogP contribution in [-0.4, -0.2) is 19.5 Å². The molecule has 5 nitrogen and oxygen atoms in total. The molecule has 0 fully saturated rings. The van der Waals surface area contributed by atoms with E-state index in [1.807, 2.05) is 48.5 Å². The quantitative estimate of drug-likeness (QED) is 0.180. The maximum atomic E-state index is 6.83. The van der Waals surface area contributed by atoms with E-state index in [2.05, 4.69) is 138 Å². The van der Waals surface area contributed by atoms with Crippen molar-refractivity contribution in [3.8, 4) is 51.0 Å². The summed E-state index contributed by atoms with van der Waals surface area (Å²) in [5.74, 6) is 1.81.